The van der Waals surface area contributed by atoms with Crippen LogP contribution in [-0.4, -0.2) is 18.1 Å². The fourth-order valence-corrected chi connectivity index (χ4v) is 1.30. The van der Waals surface area contributed by atoms with Crippen LogP contribution < -0.4 is 5.32 Å². The topological polar surface area (TPSA) is 73.1 Å². The molecule has 0 aromatic carbocycles. The van der Waals surface area contributed by atoms with Gasteiger partial charge < -0.3 is 10.4 Å². The van der Waals surface area contributed by atoms with Gasteiger partial charge in [-0.25, -0.2) is 4.79 Å². The Bertz CT molecular complexity index is 397. The molecule has 0 spiro atoms. The molecule has 0 fully saturated rings. The number of carboxylic acid groups (broad SMARTS) is 1. The highest BCUT2D eigenvalue weighted by Gasteiger charge is 2.10. The van der Waals surface area contributed by atoms with Crippen LogP contribution in [0.5, 0.6) is 0 Å². The molecule has 0 atom stereocenters. The lowest BCUT2D eigenvalue weighted by Crippen LogP contribution is -2.09. The Hall–Kier alpha value is -2.02. The van der Waals surface area contributed by atoms with Gasteiger partial charge in [0.2, 0.25) is 0 Å². The second kappa shape index (κ2) is 5.01. The molecule has 1 aliphatic rings. The van der Waals surface area contributed by atoms with Crippen molar-refractivity contribution < 1.29 is 9.90 Å². The van der Waals surface area contributed by atoms with Gasteiger partial charge >= 0.3 is 5.97 Å². The Balaban J connectivity index is 3.04. The molecule has 4 heteroatoms. The highest BCUT2D eigenvalue weighted by molar-refractivity contribution is 5.87. The minimum absolute atomic E-state index is 0.267. The van der Waals surface area contributed by atoms with E-state index < -0.39 is 5.97 Å². The average molecular weight is 204 g/mol. The molecule has 0 aromatic heterocycles. The van der Waals surface area contributed by atoms with Crippen LogP contribution in [0.15, 0.2) is 35.1 Å². The third kappa shape index (κ3) is 2.99. The van der Waals surface area contributed by atoms with E-state index in [1.807, 2.05) is 6.07 Å². The Labute approximate surface area is 88.2 Å². The zero-order valence-corrected chi connectivity index (χ0v) is 8.45. The monoisotopic (exact) mass is 204 g/mol. The molecule has 0 bridgehead atoms. The lowest BCUT2D eigenvalue weighted by molar-refractivity contribution is -0.132. The summed E-state index contributed by atoms with van der Waals surface area (Å²) in [6, 6.07) is 1.95. The van der Waals surface area contributed by atoms with E-state index in [0.29, 0.717) is 18.4 Å². The van der Waals surface area contributed by atoms with Gasteiger partial charge in [-0.1, -0.05) is 0 Å². The molecule has 0 saturated heterocycles. The number of carbonyl (C=O) groups is 1. The highest BCUT2D eigenvalue weighted by Crippen LogP contribution is 2.16. The number of hydrogen-bond donors (Lipinski definition) is 2. The number of nitrogens with zero attached hydrogens (tertiary/aromatic N) is 1. The van der Waals surface area contributed by atoms with E-state index in [-0.39, 0.29) is 5.57 Å². The molecule has 0 aromatic rings. The number of allylic oxidation sites excluding steroid dienone is 5. The maximum atomic E-state index is 10.8. The Morgan fingerprint density at radius 3 is 2.80 bits per heavy atom. The fraction of sp³-hybridized carbons (Fsp3) is 0.273. The molecule has 0 heterocycles. The summed E-state index contributed by atoms with van der Waals surface area (Å²) in [5, 5.41) is 20.6. The molecule has 2 N–H and O–H groups in total. The van der Waals surface area contributed by atoms with Gasteiger partial charge in [-0.05, 0) is 31.1 Å². The minimum Gasteiger partial charge on any atom is -0.478 e. The molecule has 0 unspecified atom stereocenters. The maximum Gasteiger partial charge on any atom is 0.331 e. The maximum absolute atomic E-state index is 10.8. The van der Waals surface area contributed by atoms with E-state index in [1.165, 1.54) is 6.08 Å². The summed E-state index contributed by atoms with van der Waals surface area (Å²) in [7, 11) is 1.78. The number of aliphatic carboxylic acids is 1. The third-order valence-corrected chi connectivity index (χ3v) is 2.18. The fourth-order valence-electron chi connectivity index (χ4n) is 1.30. The van der Waals surface area contributed by atoms with Crippen LogP contribution >= 0.6 is 0 Å². The molecular weight excluding hydrogens is 192 g/mol. The molecular formula is C11H12N2O2. The van der Waals surface area contributed by atoms with Crippen LogP contribution in [0.1, 0.15) is 12.8 Å². The van der Waals surface area contributed by atoms with Crippen molar-refractivity contribution in [2.24, 2.45) is 0 Å². The summed E-state index contributed by atoms with van der Waals surface area (Å²) in [4.78, 5) is 10.8. The number of nitrogens with one attached hydrogen (secondary N) is 1. The van der Waals surface area contributed by atoms with E-state index in [2.05, 4.69) is 5.32 Å². The number of hydrogen-bond acceptors (Lipinski definition) is 3. The first-order valence-electron chi connectivity index (χ1n) is 4.60. The smallest absolute Gasteiger partial charge is 0.331 e. The van der Waals surface area contributed by atoms with Crippen molar-refractivity contribution in [2.75, 3.05) is 7.05 Å². The van der Waals surface area contributed by atoms with Crippen LogP contribution in [0.25, 0.3) is 0 Å². The summed E-state index contributed by atoms with van der Waals surface area (Å²) in [5.74, 6) is -0.964. The zero-order chi connectivity index (χ0) is 11.3. The summed E-state index contributed by atoms with van der Waals surface area (Å²) < 4.78 is 0. The quantitative estimate of drug-likeness (QED) is 0.712. The molecule has 1 aliphatic carbocycles. The standard InChI is InChI=1S/C11H12N2O2/c1-13-10-4-2-8(7-12)6-9(3-5-10)11(14)15/h2,4,6,13H,3,5H2,1H3,(H,14,15)/b8-2+,9-6+,10-4+. The number of nitriles is 1. The Morgan fingerprint density at radius 1 is 1.53 bits per heavy atom. The summed E-state index contributed by atoms with van der Waals surface area (Å²) >= 11 is 0. The molecule has 0 amide bonds. The van der Waals surface area contributed by atoms with Gasteiger partial charge in [-0.15, -0.1) is 0 Å². The van der Waals surface area contributed by atoms with Gasteiger partial charge in [0.25, 0.3) is 0 Å². The van der Waals surface area contributed by atoms with E-state index in [1.54, 1.807) is 19.2 Å². The lowest BCUT2D eigenvalue weighted by atomic mass is 10.0. The molecule has 0 saturated carbocycles. The van der Waals surface area contributed by atoms with Crippen molar-refractivity contribution in [3.8, 4) is 6.07 Å². The summed E-state index contributed by atoms with van der Waals surface area (Å²) in [6.45, 7) is 0. The molecule has 1 rings (SSSR count). The molecule has 0 radical (unpaired) electrons. The SMILES string of the molecule is CN/C1=C/C=C(C#N)\C=C(\C(=O)O)CC1. The van der Waals surface area contributed by atoms with Crippen molar-refractivity contribution in [1.29, 1.82) is 5.26 Å². The first kappa shape index (κ1) is 11.1. The van der Waals surface area contributed by atoms with Crippen molar-refractivity contribution in [2.45, 2.75) is 12.8 Å². The minimum atomic E-state index is -0.964. The van der Waals surface area contributed by atoms with Crippen molar-refractivity contribution in [3.63, 3.8) is 0 Å². The Kier molecular flexibility index (Phi) is 3.69. The Morgan fingerprint density at radius 2 is 2.27 bits per heavy atom. The van der Waals surface area contributed by atoms with Gasteiger partial charge in [0.05, 0.1) is 11.6 Å². The second-order valence-electron chi connectivity index (χ2n) is 3.15. The van der Waals surface area contributed by atoms with Gasteiger partial charge in [0.1, 0.15) is 0 Å². The molecule has 15 heavy (non-hydrogen) atoms. The number of rotatable bonds is 2. The molecule has 4 nitrogen and oxygen atoms in total. The first-order valence-corrected chi connectivity index (χ1v) is 4.60. The van der Waals surface area contributed by atoms with Gasteiger partial charge in [0, 0.05) is 18.3 Å². The molecule has 0 aliphatic heterocycles. The third-order valence-electron chi connectivity index (χ3n) is 2.18. The van der Waals surface area contributed by atoms with E-state index >= 15 is 0 Å². The second-order valence-corrected chi connectivity index (χ2v) is 3.15. The van der Waals surface area contributed by atoms with Crippen LogP contribution in [0.3, 0.4) is 0 Å². The lowest BCUT2D eigenvalue weighted by Gasteiger charge is -2.09. The molecule has 78 valence electrons. The van der Waals surface area contributed by atoms with Gasteiger partial charge in [-0.2, -0.15) is 5.26 Å². The number of carboxylic acids is 1. The van der Waals surface area contributed by atoms with Crippen molar-refractivity contribution in [1.82, 2.24) is 5.32 Å². The van der Waals surface area contributed by atoms with Crippen molar-refractivity contribution >= 4 is 5.97 Å². The van der Waals surface area contributed by atoms with Crippen LogP contribution in [0, 0.1) is 11.3 Å². The van der Waals surface area contributed by atoms with Crippen LogP contribution in [0.2, 0.25) is 0 Å². The van der Waals surface area contributed by atoms with Crippen LogP contribution in [-0.2, 0) is 4.79 Å². The average Bonchev–Trinajstić information content (AvgIpc) is 2.18. The summed E-state index contributed by atoms with van der Waals surface area (Å²) in [5.41, 5.74) is 1.55. The largest absolute Gasteiger partial charge is 0.478 e. The van der Waals surface area contributed by atoms with E-state index in [9.17, 15) is 4.79 Å². The van der Waals surface area contributed by atoms with Gasteiger partial charge in [0.15, 0.2) is 0 Å². The first-order chi connectivity index (χ1) is 7.17. The normalized spacial score (nSPS) is 26.5. The van der Waals surface area contributed by atoms with Crippen molar-refractivity contribution in [3.05, 3.63) is 35.1 Å². The summed E-state index contributed by atoms with van der Waals surface area (Å²) in [6.07, 6.45) is 5.91. The van der Waals surface area contributed by atoms with E-state index in [4.69, 9.17) is 10.4 Å². The van der Waals surface area contributed by atoms with E-state index in [0.717, 1.165) is 5.70 Å². The van der Waals surface area contributed by atoms with Crippen LogP contribution in [0.4, 0.5) is 0 Å². The highest BCUT2D eigenvalue weighted by atomic mass is 16.4. The van der Waals surface area contributed by atoms with Gasteiger partial charge in [-0.3, -0.25) is 0 Å². The predicted octanol–water partition coefficient (Wildman–Crippen LogP) is 1.34. The predicted molar refractivity (Wildman–Crippen MR) is 55.8 cm³/mol. The zero-order valence-electron chi connectivity index (χ0n) is 8.45.